The van der Waals surface area contributed by atoms with Crippen LogP contribution in [0.15, 0.2) is 91.4 Å². The third-order valence-corrected chi connectivity index (χ3v) is 4.96. The van der Waals surface area contributed by atoms with Crippen LogP contribution in [0.25, 0.3) is 33.4 Å². The highest BCUT2D eigenvalue weighted by Crippen LogP contribution is 2.30. The van der Waals surface area contributed by atoms with E-state index in [1.54, 1.807) is 30.7 Å². The summed E-state index contributed by atoms with van der Waals surface area (Å²) in [5.41, 5.74) is 4.45. The zero-order valence-corrected chi connectivity index (χ0v) is 16.5. The van der Waals surface area contributed by atoms with Crippen molar-refractivity contribution in [2.24, 2.45) is 0 Å². The van der Waals surface area contributed by atoms with Crippen LogP contribution in [0.3, 0.4) is 0 Å². The first-order chi connectivity index (χ1) is 15.3. The first-order valence-corrected chi connectivity index (χ1v) is 9.88. The molecule has 0 bridgehead atoms. The summed E-state index contributed by atoms with van der Waals surface area (Å²) >= 11 is 0. The van der Waals surface area contributed by atoms with E-state index in [9.17, 15) is 4.39 Å². The van der Waals surface area contributed by atoms with Crippen molar-refractivity contribution in [2.75, 3.05) is 5.32 Å². The third kappa shape index (κ3) is 4.09. The fourth-order valence-electron chi connectivity index (χ4n) is 3.39. The number of halogens is 1. The standard InChI is InChI=1S/C25H18FN5/c26-20-9-6-17(7-10-20)18-8-11-23-22(14-18)25(29-16-21-5-1-2-13-28-21)31-24(30-23)19-4-3-12-27-15-19/h1-15H,16H2,(H,29,30,31). The second-order valence-corrected chi connectivity index (χ2v) is 7.05. The summed E-state index contributed by atoms with van der Waals surface area (Å²) in [6.07, 6.45) is 5.24. The van der Waals surface area contributed by atoms with Crippen LogP contribution >= 0.6 is 0 Å². The monoisotopic (exact) mass is 407 g/mol. The van der Waals surface area contributed by atoms with Gasteiger partial charge in [0.2, 0.25) is 0 Å². The molecular weight excluding hydrogens is 389 g/mol. The average molecular weight is 407 g/mol. The molecule has 0 saturated carbocycles. The first-order valence-electron chi connectivity index (χ1n) is 9.88. The van der Waals surface area contributed by atoms with E-state index in [1.165, 1.54) is 12.1 Å². The molecule has 1 N–H and O–H groups in total. The molecule has 31 heavy (non-hydrogen) atoms. The maximum Gasteiger partial charge on any atom is 0.163 e. The van der Waals surface area contributed by atoms with E-state index >= 15 is 0 Å². The van der Waals surface area contributed by atoms with Crippen LogP contribution in [-0.4, -0.2) is 19.9 Å². The quantitative estimate of drug-likeness (QED) is 0.416. The minimum Gasteiger partial charge on any atom is -0.364 e. The number of anilines is 1. The lowest BCUT2D eigenvalue weighted by Gasteiger charge is -2.12. The summed E-state index contributed by atoms with van der Waals surface area (Å²) in [5.74, 6) is 1.05. The van der Waals surface area contributed by atoms with Gasteiger partial charge in [-0.3, -0.25) is 9.97 Å². The topological polar surface area (TPSA) is 63.6 Å². The molecule has 150 valence electrons. The smallest absolute Gasteiger partial charge is 0.163 e. The molecule has 3 heterocycles. The van der Waals surface area contributed by atoms with Crippen molar-refractivity contribution in [1.82, 2.24) is 19.9 Å². The zero-order valence-electron chi connectivity index (χ0n) is 16.5. The average Bonchev–Trinajstić information content (AvgIpc) is 2.84. The van der Waals surface area contributed by atoms with Crippen LogP contribution in [0, 0.1) is 5.82 Å². The number of nitrogens with one attached hydrogen (secondary N) is 1. The van der Waals surface area contributed by atoms with Crippen LogP contribution in [-0.2, 0) is 6.54 Å². The van der Waals surface area contributed by atoms with E-state index in [4.69, 9.17) is 9.97 Å². The molecule has 2 aromatic carbocycles. The molecule has 3 aromatic heterocycles. The number of nitrogens with zero attached hydrogens (tertiary/aromatic N) is 4. The Morgan fingerprint density at radius 3 is 2.42 bits per heavy atom. The molecule has 0 saturated heterocycles. The highest BCUT2D eigenvalue weighted by Gasteiger charge is 2.11. The van der Waals surface area contributed by atoms with Crippen molar-refractivity contribution in [3.05, 3.63) is 103 Å². The van der Waals surface area contributed by atoms with Crippen molar-refractivity contribution in [2.45, 2.75) is 6.54 Å². The van der Waals surface area contributed by atoms with Crippen LogP contribution in [0.5, 0.6) is 0 Å². The number of aromatic nitrogens is 4. The summed E-state index contributed by atoms with van der Waals surface area (Å²) < 4.78 is 13.3. The highest BCUT2D eigenvalue weighted by molar-refractivity contribution is 5.94. The molecule has 5 aromatic rings. The van der Waals surface area contributed by atoms with E-state index < -0.39 is 0 Å². The van der Waals surface area contributed by atoms with E-state index in [0.717, 1.165) is 33.3 Å². The van der Waals surface area contributed by atoms with Crippen LogP contribution in [0.4, 0.5) is 10.2 Å². The van der Waals surface area contributed by atoms with Crippen LogP contribution in [0.1, 0.15) is 5.69 Å². The largest absolute Gasteiger partial charge is 0.364 e. The van der Waals surface area contributed by atoms with Crippen molar-refractivity contribution in [1.29, 1.82) is 0 Å². The minimum absolute atomic E-state index is 0.258. The Morgan fingerprint density at radius 2 is 1.65 bits per heavy atom. The van der Waals surface area contributed by atoms with Gasteiger partial charge in [0.25, 0.3) is 0 Å². The lowest BCUT2D eigenvalue weighted by atomic mass is 10.0. The predicted octanol–water partition coefficient (Wildman–Crippen LogP) is 5.51. The Hall–Kier alpha value is -4.19. The molecule has 0 unspecified atom stereocenters. The molecule has 6 heteroatoms. The number of pyridine rings is 2. The van der Waals surface area contributed by atoms with Gasteiger partial charge in [-0.2, -0.15) is 0 Å². The van der Waals surface area contributed by atoms with Gasteiger partial charge in [0.15, 0.2) is 5.82 Å². The molecule has 0 spiro atoms. The molecular formula is C25H18FN5. The van der Waals surface area contributed by atoms with Gasteiger partial charge in [-0.25, -0.2) is 14.4 Å². The third-order valence-electron chi connectivity index (χ3n) is 4.96. The van der Waals surface area contributed by atoms with Crippen LogP contribution in [0.2, 0.25) is 0 Å². The normalized spacial score (nSPS) is 10.9. The Bertz CT molecular complexity index is 1320. The van der Waals surface area contributed by atoms with Crippen molar-refractivity contribution >= 4 is 16.7 Å². The number of hydrogen-bond acceptors (Lipinski definition) is 5. The number of hydrogen-bond donors (Lipinski definition) is 1. The zero-order chi connectivity index (χ0) is 21.0. The van der Waals surface area contributed by atoms with Gasteiger partial charge in [-0.15, -0.1) is 0 Å². The predicted molar refractivity (Wildman–Crippen MR) is 120 cm³/mol. The van der Waals surface area contributed by atoms with Crippen molar-refractivity contribution in [3.8, 4) is 22.5 Å². The van der Waals surface area contributed by atoms with Gasteiger partial charge in [0.05, 0.1) is 17.8 Å². The molecule has 5 nitrogen and oxygen atoms in total. The van der Waals surface area contributed by atoms with Gasteiger partial charge in [-0.05, 0) is 59.7 Å². The molecule has 0 radical (unpaired) electrons. The van der Waals surface area contributed by atoms with Gasteiger partial charge in [0.1, 0.15) is 11.6 Å². The minimum atomic E-state index is -0.258. The van der Waals surface area contributed by atoms with E-state index in [0.29, 0.717) is 18.2 Å². The second-order valence-electron chi connectivity index (χ2n) is 7.05. The lowest BCUT2D eigenvalue weighted by Crippen LogP contribution is -2.05. The molecule has 0 aliphatic heterocycles. The first kappa shape index (κ1) is 18.8. The van der Waals surface area contributed by atoms with Crippen molar-refractivity contribution < 1.29 is 4.39 Å². The van der Waals surface area contributed by atoms with Gasteiger partial charge in [-0.1, -0.05) is 24.3 Å². The van der Waals surface area contributed by atoms with Gasteiger partial charge in [0, 0.05) is 29.5 Å². The lowest BCUT2D eigenvalue weighted by molar-refractivity contribution is 0.628. The highest BCUT2D eigenvalue weighted by atomic mass is 19.1. The van der Waals surface area contributed by atoms with E-state index in [2.05, 4.69) is 15.3 Å². The molecule has 5 rings (SSSR count). The van der Waals surface area contributed by atoms with E-state index in [-0.39, 0.29) is 5.82 Å². The maximum atomic E-state index is 13.3. The fraction of sp³-hybridized carbons (Fsp3) is 0.0400. The molecule has 0 amide bonds. The van der Waals surface area contributed by atoms with Gasteiger partial charge < -0.3 is 5.32 Å². The van der Waals surface area contributed by atoms with Gasteiger partial charge >= 0.3 is 0 Å². The maximum absolute atomic E-state index is 13.3. The Morgan fingerprint density at radius 1 is 0.774 bits per heavy atom. The summed E-state index contributed by atoms with van der Waals surface area (Å²) in [5, 5.41) is 4.29. The van der Waals surface area contributed by atoms with Crippen LogP contribution < -0.4 is 5.32 Å². The molecule has 0 aliphatic rings. The fourth-order valence-corrected chi connectivity index (χ4v) is 3.39. The molecule has 0 fully saturated rings. The Labute approximate surface area is 178 Å². The Kier molecular flexibility index (Phi) is 5.02. The SMILES string of the molecule is Fc1ccc(-c2ccc3nc(-c4cccnc4)nc(NCc4ccccn4)c3c2)cc1. The summed E-state index contributed by atoms with van der Waals surface area (Å²) in [6.45, 7) is 0.528. The van der Waals surface area contributed by atoms with E-state index in [1.807, 2.05) is 48.5 Å². The summed E-state index contributed by atoms with van der Waals surface area (Å²) in [4.78, 5) is 18.1. The summed E-state index contributed by atoms with van der Waals surface area (Å²) in [7, 11) is 0. The number of fused-ring (bicyclic) bond motifs is 1. The summed E-state index contributed by atoms with van der Waals surface area (Å²) in [6, 6.07) is 22.0. The molecule has 0 atom stereocenters. The Balaban J connectivity index is 1.61. The van der Waals surface area contributed by atoms with Crippen molar-refractivity contribution in [3.63, 3.8) is 0 Å². The second kappa shape index (κ2) is 8.28. The number of rotatable bonds is 5. The number of benzene rings is 2. The molecule has 0 aliphatic carbocycles.